The summed E-state index contributed by atoms with van der Waals surface area (Å²) >= 11 is 0. The highest BCUT2D eigenvalue weighted by Crippen LogP contribution is 2.33. The van der Waals surface area contributed by atoms with Crippen molar-refractivity contribution in [3.8, 4) is 0 Å². The third-order valence-electron chi connectivity index (χ3n) is 5.61. The summed E-state index contributed by atoms with van der Waals surface area (Å²) in [6.07, 6.45) is 9.42. The number of rotatable bonds is 5. The van der Waals surface area contributed by atoms with Gasteiger partial charge in [0.15, 0.2) is 0 Å². The predicted molar refractivity (Wildman–Crippen MR) is 107 cm³/mol. The Kier molecular flexibility index (Phi) is 5.72. The molecule has 28 heavy (non-hydrogen) atoms. The van der Waals surface area contributed by atoms with Gasteiger partial charge in [0.1, 0.15) is 11.4 Å². The van der Waals surface area contributed by atoms with Crippen LogP contribution < -0.4 is 5.32 Å². The monoisotopic (exact) mass is 386 g/mol. The van der Waals surface area contributed by atoms with Crippen LogP contribution in [0.1, 0.15) is 59.8 Å². The molecule has 3 amide bonds. The number of amides is 3. The van der Waals surface area contributed by atoms with Gasteiger partial charge >= 0.3 is 0 Å². The number of hydrogen-bond donors (Lipinski definition) is 1. The summed E-state index contributed by atoms with van der Waals surface area (Å²) in [5.74, 6) is -0.166. The van der Waals surface area contributed by atoms with Crippen LogP contribution in [-0.2, 0) is 14.4 Å². The summed E-state index contributed by atoms with van der Waals surface area (Å²) < 4.78 is 0. The van der Waals surface area contributed by atoms with E-state index >= 15 is 0 Å². The molecule has 0 aromatic heterocycles. The largest absolute Gasteiger partial charge is 0.352 e. The van der Waals surface area contributed by atoms with Gasteiger partial charge in [-0.3, -0.25) is 14.4 Å². The van der Waals surface area contributed by atoms with Gasteiger partial charge in [-0.05, 0) is 58.3 Å². The Morgan fingerprint density at radius 1 is 1.36 bits per heavy atom. The fourth-order valence-electron chi connectivity index (χ4n) is 4.23. The molecule has 2 aliphatic heterocycles. The first kappa shape index (κ1) is 20.3. The maximum atomic E-state index is 13.8. The summed E-state index contributed by atoms with van der Waals surface area (Å²) in [7, 11) is 0. The van der Waals surface area contributed by atoms with Crippen LogP contribution in [-0.4, -0.2) is 57.5 Å². The molecule has 0 spiro atoms. The van der Waals surface area contributed by atoms with E-state index in [0.717, 1.165) is 31.3 Å². The average Bonchev–Trinajstić information content (AvgIpc) is 3.12. The lowest BCUT2D eigenvalue weighted by Gasteiger charge is -2.45. The van der Waals surface area contributed by atoms with Gasteiger partial charge in [0.25, 0.3) is 5.91 Å². The molecule has 0 unspecified atom stereocenters. The zero-order chi connectivity index (χ0) is 20.5. The lowest BCUT2D eigenvalue weighted by molar-refractivity contribution is -0.148. The molecular formula is C21H30N4O3. The highest BCUT2D eigenvalue weighted by atomic mass is 16.2. The molecule has 1 atom stereocenters. The highest BCUT2D eigenvalue weighted by molar-refractivity contribution is 6.10. The van der Waals surface area contributed by atoms with Gasteiger partial charge < -0.3 is 15.1 Å². The third-order valence-corrected chi connectivity index (χ3v) is 5.61. The quantitative estimate of drug-likeness (QED) is 0.785. The Bertz CT molecular complexity index is 762. The zero-order valence-corrected chi connectivity index (χ0v) is 17.2. The number of amidine groups is 1. The van der Waals surface area contributed by atoms with Crippen LogP contribution in [0.2, 0.25) is 0 Å². The van der Waals surface area contributed by atoms with Gasteiger partial charge in [-0.1, -0.05) is 12.8 Å². The molecule has 1 fully saturated rings. The number of aliphatic imine (C=N–C) groups is 1. The van der Waals surface area contributed by atoms with Crippen molar-refractivity contribution in [2.45, 2.75) is 77.4 Å². The summed E-state index contributed by atoms with van der Waals surface area (Å²) in [5, 5.41) is 2.88. The number of allylic oxidation sites excluding steroid dienone is 2. The number of fused-ring (bicyclic) bond motifs is 1. The maximum Gasteiger partial charge on any atom is 0.250 e. The molecule has 1 N–H and O–H groups in total. The first-order chi connectivity index (χ1) is 13.2. The van der Waals surface area contributed by atoms with Gasteiger partial charge in [-0.25, -0.2) is 0 Å². The number of nitrogens with zero attached hydrogens (tertiary/aromatic N) is 3. The van der Waals surface area contributed by atoms with E-state index in [1.807, 2.05) is 39.1 Å². The Balaban J connectivity index is 1.90. The van der Waals surface area contributed by atoms with Crippen LogP contribution in [0.5, 0.6) is 0 Å². The van der Waals surface area contributed by atoms with Crippen LogP contribution >= 0.6 is 0 Å². The van der Waals surface area contributed by atoms with E-state index in [1.165, 1.54) is 0 Å². The van der Waals surface area contributed by atoms with Crippen molar-refractivity contribution < 1.29 is 14.4 Å². The molecule has 0 saturated heterocycles. The molecule has 0 aromatic carbocycles. The number of carbonyl (C=O) groups is 3. The first-order valence-electron chi connectivity index (χ1n) is 10.1. The van der Waals surface area contributed by atoms with Crippen LogP contribution in [0.4, 0.5) is 0 Å². The van der Waals surface area contributed by atoms with Crippen LogP contribution in [0.3, 0.4) is 0 Å². The molecule has 0 radical (unpaired) electrons. The van der Waals surface area contributed by atoms with Gasteiger partial charge in [-0.15, -0.1) is 0 Å². The van der Waals surface area contributed by atoms with E-state index in [2.05, 4.69) is 10.3 Å². The molecular weight excluding hydrogens is 356 g/mol. The Morgan fingerprint density at radius 2 is 2.04 bits per heavy atom. The zero-order valence-electron chi connectivity index (χ0n) is 17.2. The SMILES string of the molecule is CC1=CC2=NC(=O)C[C@](C)(C(=O)N(CC(=O)NC(C)C)C3CCCC3)N2C=C1. The lowest BCUT2D eigenvalue weighted by Crippen LogP contribution is -2.63. The molecule has 3 rings (SSSR count). The van der Waals surface area contributed by atoms with Crippen molar-refractivity contribution in [3.63, 3.8) is 0 Å². The van der Waals surface area contributed by atoms with Crippen molar-refractivity contribution in [1.29, 1.82) is 0 Å². The highest BCUT2D eigenvalue weighted by Gasteiger charge is 2.49. The minimum Gasteiger partial charge on any atom is -0.352 e. The topological polar surface area (TPSA) is 82.1 Å². The van der Waals surface area contributed by atoms with E-state index in [-0.39, 0.29) is 42.8 Å². The van der Waals surface area contributed by atoms with Crippen molar-refractivity contribution >= 4 is 23.6 Å². The van der Waals surface area contributed by atoms with Crippen molar-refractivity contribution in [3.05, 3.63) is 23.9 Å². The van der Waals surface area contributed by atoms with E-state index in [0.29, 0.717) is 5.84 Å². The van der Waals surface area contributed by atoms with Crippen molar-refractivity contribution in [2.75, 3.05) is 6.54 Å². The average molecular weight is 386 g/mol. The molecule has 152 valence electrons. The smallest absolute Gasteiger partial charge is 0.250 e. The first-order valence-corrected chi connectivity index (χ1v) is 10.1. The number of nitrogens with one attached hydrogen (secondary N) is 1. The van der Waals surface area contributed by atoms with Gasteiger partial charge in [-0.2, -0.15) is 4.99 Å². The molecule has 7 nitrogen and oxygen atoms in total. The molecule has 7 heteroatoms. The second-order valence-corrected chi connectivity index (χ2v) is 8.48. The van der Waals surface area contributed by atoms with Crippen LogP contribution in [0.15, 0.2) is 28.9 Å². The molecule has 0 bridgehead atoms. The number of carbonyl (C=O) groups excluding carboxylic acids is 3. The van der Waals surface area contributed by atoms with E-state index in [4.69, 9.17) is 0 Å². The van der Waals surface area contributed by atoms with Gasteiger partial charge in [0.05, 0.1) is 13.0 Å². The summed E-state index contributed by atoms with van der Waals surface area (Å²) in [6, 6.07) is 0.0439. The normalized spacial score (nSPS) is 24.8. The van der Waals surface area contributed by atoms with Gasteiger partial charge in [0, 0.05) is 18.3 Å². The molecule has 1 saturated carbocycles. The summed E-state index contributed by atoms with van der Waals surface area (Å²) in [6.45, 7) is 7.52. The Morgan fingerprint density at radius 3 is 2.68 bits per heavy atom. The molecule has 2 heterocycles. The van der Waals surface area contributed by atoms with E-state index < -0.39 is 5.54 Å². The van der Waals surface area contributed by atoms with E-state index in [1.54, 1.807) is 16.7 Å². The maximum absolute atomic E-state index is 13.8. The molecule has 3 aliphatic rings. The fourth-order valence-corrected chi connectivity index (χ4v) is 4.23. The predicted octanol–water partition coefficient (Wildman–Crippen LogP) is 2.15. The third kappa shape index (κ3) is 4.03. The van der Waals surface area contributed by atoms with Crippen molar-refractivity contribution in [1.82, 2.24) is 15.1 Å². The van der Waals surface area contributed by atoms with Gasteiger partial charge in [0.2, 0.25) is 11.8 Å². The molecule has 1 aliphatic carbocycles. The second-order valence-electron chi connectivity index (χ2n) is 8.48. The lowest BCUT2D eigenvalue weighted by atomic mass is 9.89. The second kappa shape index (κ2) is 7.89. The summed E-state index contributed by atoms with van der Waals surface area (Å²) in [5.41, 5.74) is -0.105. The minimum absolute atomic E-state index is 0.00157. The van der Waals surface area contributed by atoms with Crippen molar-refractivity contribution in [2.24, 2.45) is 4.99 Å². The minimum atomic E-state index is -1.08. The Hall–Kier alpha value is -2.44. The number of hydrogen-bond acceptors (Lipinski definition) is 4. The fraction of sp³-hybridized carbons (Fsp3) is 0.619. The molecule has 0 aromatic rings. The van der Waals surface area contributed by atoms with Crippen LogP contribution in [0.25, 0.3) is 0 Å². The summed E-state index contributed by atoms with van der Waals surface area (Å²) in [4.78, 5) is 46.2. The van der Waals surface area contributed by atoms with Crippen LogP contribution in [0, 0.1) is 0 Å². The van der Waals surface area contributed by atoms with E-state index in [9.17, 15) is 14.4 Å². The Labute approximate surface area is 166 Å². The standard InChI is InChI=1S/C21H30N4O3/c1-14(2)22-19(27)13-24(16-7-5-6-8-16)20(28)21(4)12-18(26)23-17-11-15(3)9-10-25(17)21/h9-11,14,16H,5-8,12-13H2,1-4H3,(H,22,27)/t21-/m1/s1.